The SMILES string of the molecule is CCC(C)(NC(=O)c1cc(N)ccc1Br)C(=O)O. The molecule has 1 aromatic rings. The minimum Gasteiger partial charge on any atom is -0.480 e. The molecule has 5 nitrogen and oxygen atoms in total. The molecule has 0 aromatic heterocycles. The Balaban J connectivity index is 3.02. The van der Waals surface area contributed by atoms with E-state index in [2.05, 4.69) is 21.2 Å². The second-order valence-electron chi connectivity index (χ2n) is 4.18. The van der Waals surface area contributed by atoms with E-state index >= 15 is 0 Å². The lowest BCUT2D eigenvalue weighted by molar-refractivity contribution is -0.143. The maximum absolute atomic E-state index is 12.0. The first-order chi connectivity index (χ1) is 8.30. The minimum absolute atomic E-state index is 0.286. The van der Waals surface area contributed by atoms with Gasteiger partial charge in [0.1, 0.15) is 5.54 Å². The summed E-state index contributed by atoms with van der Waals surface area (Å²) in [5.74, 6) is -1.54. The summed E-state index contributed by atoms with van der Waals surface area (Å²) in [7, 11) is 0. The highest BCUT2D eigenvalue weighted by atomic mass is 79.9. The van der Waals surface area contributed by atoms with Crippen LogP contribution in [-0.2, 0) is 4.79 Å². The summed E-state index contributed by atoms with van der Waals surface area (Å²) in [5, 5.41) is 11.6. The second kappa shape index (κ2) is 5.39. The molecule has 0 saturated heterocycles. The Morgan fingerprint density at radius 2 is 2.11 bits per heavy atom. The third-order valence-electron chi connectivity index (χ3n) is 2.80. The zero-order valence-corrected chi connectivity index (χ0v) is 11.7. The van der Waals surface area contributed by atoms with Gasteiger partial charge >= 0.3 is 5.97 Å². The molecule has 0 bridgehead atoms. The van der Waals surface area contributed by atoms with Crippen molar-refractivity contribution in [3.05, 3.63) is 28.2 Å². The Hall–Kier alpha value is -1.56. The predicted octanol–water partition coefficient (Wildman–Crippen LogP) is 2.01. The molecule has 1 atom stereocenters. The average Bonchev–Trinajstić information content (AvgIpc) is 2.31. The van der Waals surface area contributed by atoms with Gasteiger partial charge in [-0.2, -0.15) is 0 Å². The fraction of sp³-hybridized carbons (Fsp3) is 0.333. The first-order valence-corrected chi connectivity index (χ1v) is 6.20. The van der Waals surface area contributed by atoms with E-state index in [1.807, 2.05) is 0 Å². The van der Waals surface area contributed by atoms with E-state index in [0.717, 1.165) is 0 Å². The number of nitrogens with two attached hydrogens (primary N) is 1. The molecule has 0 aliphatic heterocycles. The number of carbonyl (C=O) groups excluding carboxylic acids is 1. The van der Waals surface area contributed by atoms with Crippen LogP contribution >= 0.6 is 15.9 Å². The Morgan fingerprint density at radius 1 is 1.50 bits per heavy atom. The number of carboxylic acids is 1. The summed E-state index contributed by atoms with van der Waals surface area (Å²) >= 11 is 3.23. The van der Waals surface area contributed by atoms with Gasteiger partial charge in [0.25, 0.3) is 5.91 Å². The fourth-order valence-corrected chi connectivity index (χ4v) is 1.75. The molecule has 0 spiro atoms. The van der Waals surface area contributed by atoms with Gasteiger partial charge in [-0.3, -0.25) is 4.79 Å². The summed E-state index contributed by atoms with van der Waals surface area (Å²) in [5.41, 5.74) is 5.07. The van der Waals surface area contributed by atoms with Gasteiger partial charge < -0.3 is 16.2 Å². The summed E-state index contributed by atoms with van der Waals surface area (Å²) in [6, 6.07) is 4.79. The zero-order chi connectivity index (χ0) is 13.9. The summed E-state index contributed by atoms with van der Waals surface area (Å²) in [6.45, 7) is 3.16. The predicted molar refractivity (Wildman–Crippen MR) is 72.4 cm³/mol. The van der Waals surface area contributed by atoms with E-state index in [1.54, 1.807) is 19.1 Å². The summed E-state index contributed by atoms with van der Waals surface area (Å²) < 4.78 is 0.568. The first kappa shape index (κ1) is 14.5. The lowest BCUT2D eigenvalue weighted by Gasteiger charge is -2.24. The average molecular weight is 315 g/mol. The number of halogens is 1. The standard InChI is InChI=1S/C12H15BrN2O3/c1-3-12(2,11(17)18)15-10(16)8-6-7(14)4-5-9(8)13/h4-6H,3,14H2,1-2H3,(H,15,16)(H,17,18). The maximum Gasteiger partial charge on any atom is 0.329 e. The van der Waals surface area contributed by atoms with Crippen LogP contribution in [-0.4, -0.2) is 22.5 Å². The number of rotatable bonds is 4. The van der Waals surface area contributed by atoms with Crippen LogP contribution in [0.1, 0.15) is 30.6 Å². The number of anilines is 1. The number of nitrogens with one attached hydrogen (secondary N) is 1. The number of hydrogen-bond acceptors (Lipinski definition) is 3. The number of nitrogen functional groups attached to an aromatic ring is 1. The lowest BCUT2D eigenvalue weighted by Crippen LogP contribution is -2.51. The minimum atomic E-state index is -1.29. The van der Waals surface area contributed by atoms with E-state index in [9.17, 15) is 9.59 Å². The van der Waals surface area contributed by atoms with Crippen LogP contribution < -0.4 is 11.1 Å². The number of carboxylic acid groups (broad SMARTS) is 1. The Bertz CT molecular complexity index is 490. The molecule has 1 rings (SSSR count). The van der Waals surface area contributed by atoms with Crippen LogP contribution in [0.5, 0.6) is 0 Å². The molecular weight excluding hydrogens is 300 g/mol. The third kappa shape index (κ3) is 3.01. The van der Waals surface area contributed by atoms with Crippen LogP contribution in [0, 0.1) is 0 Å². The molecule has 0 fully saturated rings. The van der Waals surface area contributed by atoms with Crippen molar-refractivity contribution in [1.82, 2.24) is 5.32 Å². The van der Waals surface area contributed by atoms with Gasteiger partial charge in [0.15, 0.2) is 0 Å². The Morgan fingerprint density at radius 3 is 2.61 bits per heavy atom. The highest BCUT2D eigenvalue weighted by molar-refractivity contribution is 9.10. The quantitative estimate of drug-likeness (QED) is 0.741. The molecule has 1 amide bonds. The molecule has 1 aromatic carbocycles. The van der Waals surface area contributed by atoms with Crippen molar-refractivity contribution in [2.24, 2.45) is 0 Å². The van der Waals surface area contributed by atoms with Crippen LogP contribution in [0.15, 0.2) is 22.7 Å². The van der Waals surface area contributed by atoms with E-state index in [1.165, 1.54) is 13.0 Å². The molecule has 0 aliphatic carbocycles. The molecular formula is C12H15BrN2O3. The van der Waals surface area contributed by atoms with Gasteiger partial charge in [-0.25, -0.2) is 4.79 Å². The highest BCUT2D eigenvalue weighted by Gasteiger charge is 2.33. The largest absolute Gasteiger partial charge is 0.480 e. The van der Waals surface area contributed by atoms with Gasteiger partial charge in [0.05, 0.1) is 5.56 Å². The molecule has 0 aliphatic rings. The topological polar surface area (TPSA) is 92.4 Å². The van der Waals surface area contributed by atoms with Crippen LogP contribution in [0.3, 0.4) is 0 Å². The van der Waals surface area contributed by atoms with Gasteiger partial charge in [-0.1, -0.05) is 6.92 Å². The monoisotopic (exact) mass is 314 g/mol. The number of aliphatic carboxylic acids is 1. The van der Waals surface area contributed by atoms with Crippen molar-refractivity contribution in [2.45, 2.75) is 25.8 Å². The molecule has 98 valence electrons. The molecule has 4 N–H and O–H groups in total. The smallest absolute Gasteiger partial charge is 0.329 e. The van der Waals surface area contributed by atoms with Gasteiger partial charge in [0.2, 0.25) is 0 Å². The Kier molecular flexibility index (Phi) is 4.34. The number of benzene rings is 1. The van der Waals surface area contributed by atoms with Gasteiger partial charge in [0, 0.05) is 10.2 Å². The summed E-state index contributed by atoms with van der Waals surface area (Å²) in [4.78, 5) is 23.2. The van der Waals surface area contributed by atoms with E-state index in [4.69, 9.17) is 10.8 Å². The van der Waals surface area contributed by atoms with Gasteiger partial charge in [-0.15, -0.1) is 0 Å². The molecule has 0 heterocycles. The fourth-order valence-electron chi connectivity index (χ4n) is 1.33. The van der Waals surface area contributed by atoms with Crippen molar-refractivity contribution in [3.63, 3.8) is 0 Å². The van der Waals surface area contributed by atoms with Crippen LogP contribution in [0.2, 0.25) is 0 Å². The van der Waals surface area contributed by atoms with Crippen LogP contribution in [0.25, 0.3) is 0 Å². The molecule has 6 heteroatoms. The van der Waals surface area contributed by atoms with Crippen molar-refractivity contribution in [2.75, 3.05) is 5.73 Å². The van der Waals surface area contributed by atoms with Crippen molar-refractivity contribution >= 4 is 33.5 Å². The second-order valence-corrected chi connectivity index (χ2v) is 5.04. The van der Waals surface area contributed by atoms with Gasteiger partial charge in [-0.05, 0) is 47.5 Å². The highest BCUT2D eigenvalue weighted by Crippen LogP contribution is 2.21. The van der Waals surface area contributed by atoms with E-state index < -0.39 is 17.4 Å². The Labute approximate surface area is 113 Å². The first-order valence-electron chi connectivity index (χ1n) is 5.41. The van der Waals surface area contributed by atoms with Crippen molar-refractivity contribution < 1.29 is 14.7 Å². The molecule has 0 saturated carbocycles. The summed E-state index contributed by atoms with van der Waals surface area (Å²) in [6.07, 6.45) is 0.286. The number of hydrogen-bond donors (Lipinski definition) is 3. The zero-order valence-electron chi connectivity index (χ0n) is 10.2. The van der Waals surface area contributed by atoms with E-state index in [-0.39, 0.29) is 6.42 Å². The lowest BCUT2D eigenvalue weighted by atomic mass is 9.98. The number of amides is 1. The normalized spacial score (nSPS) is 13.7. The maximum atomic E-state index is 12.0. The molecule has 1 unspecified atom stereocenters. The van der Waals surface area contributed by atoms with Crippen LogP contribution in [0.4, 0.5) is 5.69 Å². The third-order valence-corrected chi connectivity index (χ3v) is 3.50. The van der Waals surface area contributed by atoms with E-state index in [0.29, 0.717) is 15.7 Å². The van der Waals surface area contributed by atoms with Crippen molar-refractivity contribution in [3.8, 4) is 0 Å². The van der Waals surface area contributed by atoms with Crippen molar-refractivity contribution in [1.29, 1.82) is 0 Å². The number of carbonyl (C=O) groups is 2. The molecule has 0 radical (unpaired) electrons. The molecule has 18 heavy (non-hydrogen) atoms.